The number of benzene rings is 1. The van der Waals surface area contributed by atoms with E-state index in [1.807, 2.05) is 31.2 Å². The predicted octanol–water partition coefficient (Wildman–Crippen LogP) is 2.78. The van der Waals surface area contributed by atoms with Gasteiger partial charge >= 0.3 is 5.97 Å². The summed E-state index contributed by atoms with van der Waals surface area (Å²) in [7, 11) is 1.60. The topological polar surface area (TPSA) is 55.8 Å². The predicted molar refractivity (Wildman–Crippen MR) is 87.0 cm³/mol. The number of carbonyl (C=O) groups excluding carboxylic acids is 2. The number of likely N-dealkylation sites (tertiary alicyclic amines) is 1. The Morgan fingerprint density at radius 3 is 2.83 bits per heavy atom. The molecule has 0 aromatic heterocycles. The lowest BCUT2D eigenvalue weighted by Gasteiger charge is -2.31. The van der Waals surface area contributed by atoms with Crippen LogP contribution < -0.4 is 4.74 Å². The van der Waals surface area contributed by atoms with Crippen molar-refractivity contribution in [2.75, 3.05) is 20.2 Å². The second kappa shape index (κ2) is 8.56. The van der Waals surface area contributed by atoms with Gasteiger partial charge in [0, 0.05) is 25.1 Å². The third kappa shape index (κ3) is 4.71. The van der Waals surface area contributed by atoms with E-state index in [4.69, 9.17) is 9.47 Å². The number of hydrogen-bond donors (Lipinski definition) is 0. The van der Waals surface area contributed by atoms with Gasteiger partial charge in [0.2, 0.25) is 5.91 Å². The lowest BCUT2D eigenvalue weighted by atomic mass is 9.98. The van der Waals surface area contributed by atoms with E-state index in [2.05, 4.69) is 0 Å². The van der Waals surface area contributed by atoms with Crippen molar-refractivity contribution in [1.29, 1.82) is 0 Å². The second-order valence-electron chi connectivity index (χ2n) is 5.85. The SMILES string of the molecule is CCCC(=O)N1CCCC(C(=O)OCc2ccccc2OC)C1. The highest BCUT2D eigenvalue weighted by Crippen LogP contribution is 2.22. The summed E-state index contributed by atoms with van der Waals surface area (Å²) in [6.07, 6.45) is 3.01. The van der Waals surface area contributed by atoms with Crippen LogP contribution >= 0.6 is 0 Å². The molecule has 0 spiro atoms. The zero-order valence-corrected chi connectivity index (χ0v) is 13.9. The Morgan fingerprint density at radius 1 is 1.30 bits per heavy atom. The second-order valence-corrected chi connectivity index (χ2v) is 5.85. The molecule has 0 bridgehead atoms. The Labute approximate surface area is 137 Å². The van der Waals surface area contributed by atoms with Gasteiger partial charge in [0.15, 0.2) is 0 Å². The van der Waals surface area contributed by atoms with E-state index in [0.29, 0.717) is 18.7 Å². The molecule has 0 aliphatic carbocycles. The van der Waals surface area contributed by atoms with Gasteiger partial charge in [0.05, 0.1) is 13.0 Å². The van der Waals surface area contributed by atoms with Gasteiger partial charge in [-0.15, -0.1) is 0 Å². The minimum atomic E-state index is -0.232. The van der Waals surface area contributed by atoms with Crippen molar-refractivity contribution in [2.24, 2.45) is 5.92 Å². The van der Waals surface area contributed by atoms with Crippen LogP contribution in [0.2, 0.25) is 0 Å². The molecule has 1 amide bonds. The maximum absolute atomic E-state index is 12.3. The third-order valence-electron chi connectivity index (χ3n) is 4.13. The van der Waals surface area contributed by atoms with E-state index in [9.17, 15) is 9.59 Å². The highest BCUT2D eigenvalue weighted by Gasteiger charge is 2.29. The van der Waals surface area contributed by atoms with Gasteiger partial charge in [0.1, 0.15) is 12.4 Å². The summed E-state index contributed by atoms with van der Waals surface area (Å²) >= 11 is 0. The quantitative estimate of drug-likeness (QED) is 0.757. The van der Waals surface area contributed by atoms with Gasteiger partial charge in [-0.05, 0) is 25.3 Å². The van der Waals surface area contributed by atoms with E-state index in [1.54, 1.807) is 12.0 Å². The van der Waals surface area contributed by atoms with Crippen LogP contribution in [0.4, 0.5) is 0 Å². The summed E-state index contributed by atoms with van der Waals surface area (Å²) in [6.45, 7) is 3.40. The van der Waals surface area contributed by atoms with Gasteiger partial charge in [-0.3, -0.25) is 9.59 Å². The number of para-hydroxylation sites is 1. The Kier molecular flexibility index (Phi) is 6.44. The average Bonchev–Trinajstić information content (AvgIpc) is 2.60. The van der Waals surface area contributed by atoms with Crippen LogP contribution in [-0.4, -0.2) is 37.0 Å². The van der Waals surface area contributed by atoms with Crippen molar-refractivity contribution < 1.29 is 19.1 Å². The van der Waals surface area contributed by atoms with Crippen molar-refractivity contribution in [3.8, 4) is 5.75 Å². The molecule has 1 aromatic rings. The number of amides is 1. The smallest absolute Gasteiger partial charge is 0.311 e. The largest absolute Gasteiger partial charge is 0.496 e. The van der Waals surface area contributed by atoms with E-state index in [0.717, 1.165) is 31.4 Å². The number of ether oxygens (including phenoxy) is 2. The lowest BCUT2D eigenvalue weighted by Crippen LogP contribution is -2.42. The Hall–Kier alpha value is -2.04. The van der Waals surface area contributed by atoms with E-state index in [1.165, 1.54) is 0 Å². The van der Waals surface area contributed by atoms with Crippen molar-refractivity contribution >= 4 is 11.9 Å². The maximum atomic E-state index is 12.3. The molecule has 2 rings (SSSR count). The van der Waals surface area contributed by atoms with Crippen molar-refractivity contribution in [1.82, 2.24) is 4.90 Å². The van der Waals surface area contributed by atoms with Gasteiger partial charge < -0.3 is 14.4 Å². The first kappa shape index (κ1) is 17.3. The maximum Gasteiger partial charge on any atom is 0.311 e. The van der Waals surface area contributed by atoms with Crippen molar-refractivity contribution in [3.05, 3.63) is 29.8 Å². The molecule has 0 saturated carbocycles. The van der Waals surface area contributed by atoms with Gasteiger partial charge in [-0.2, -0.15) is 0 Å². The van der Waals surface area contributed by atoms with Gasteiger partial charge in [0.25, 0.3) is 0 Å². The summed E-state index contributed by atoms with van der Waals surface area (Å²) in [4.78, 5) is 26.1. The number of carbonyl (C=O) groups is 2. The molecule has 1 unspecified atom stereocenters. The van der Waals surface area contributed by atoms with Crippen molar-refractivity contribution in [3.63, 3.8) is 0 Å². The molecule has 1 aliphatic rings. The van der Waals surface area contributed by atoms with Crippen LogP contribution in [0, 0.1) is 5.92 Å². The van der Waals surface area contributed by atoms with Crippen LogP contribution in [0.5, 0.6) is 5.75 Å². The highest BCUT2D eigenvalue weighted by atomic mass is 16.5. The summed E-state index contributed by atoms with van der Waals surface area (Å²) < 4.78 is 10.7. The summed E-state index contributed by atoms with van der Waals surface area (Å²) in [6, 6.07) is 7.49. The van der Waals surface area contributed by atoms with Crippen LogP contribution in [0.3, 0.4) is 0 Å². The fourth-order valence-corrected chi connectivity index (χ4v) is 2.86. The standard InChI is InChI=1S/C18H25NO4/c1-3-7-17(20)19-11-6-9-14(12-19)18(21)23-13-15-8-4-5-10-16(15)22-2/h4-5,8,10,14H,3,6-7,9,11-13H2,1-2H3. The number of hydrogen-bond acceptors (Lipinski definition) is 4. The number of nitrogens with zero attached hydrogens (tertiary/aromatic N) is 1. The molecule has 1 atom stereocenters. The molecular formula is C18H25NO4. The lowest BCUT2D eigenvalue weighted by molar-refractivity contribution is -0.153. The highest BCUT2D eigenvalue weighted by molar-refractivity contribution is 5.78. The van der Waals surface area contributed by atoms with Crippen LogP contribution in [-0.2, 0) is 20.9 Å². The van der Waals surface area contributed by atoms with E-state index in [-0.39, 0.29) is 24.4 Å². The molecule has 1 aromatic carbocycles. The molecule has 1 fully saturated rings. The first-order valence-corrected chi connectivity index (χ1v) is 8.22. The van der Waals surface area contributed by atoms with Gasteiger partial charge in [-0.25, -0.2) is 0 Å². The van der Waals surface area contributed by atoms with Crippen molar-refractivity contribution in [2.45, 2.75) is 39.2 Å². The minimum Gasteiger partial charge on any atom is -0.496 e. The third-order valence-corrected chi connectivity index (χ3v) is 4.13. The molecule has 1 aliphatic heterocycles. The summed E-state index contributed by atoms with van der Waals surface area (Å²) in [5, 5.41) is 0. The minimum absolute atomic E-state index is 0.134. The fraction of sp³-hybridized carbons (Fsp3) is 0.556. The monoisotopic (exact) mass is 319 g/mol. The van der Waals surface area contributed by atoms with Gasteiger partial charge in [-0.1, -0.05) is 25.1 Å². The van der Waals surface area contributed by atoms with Crippen LogP contribution in [0.25, 0.3) is 0 Å². The Morgan fingerprint density at radius 2 is 2.09 bits per heavy atom. The molecule has 5 heteroatoms. The normalized spacial score (nSPS) is 17.7. The molecule has 0 N–H and O–H groups in total. The number of piperidine rings is 1. The van der Waals surface area contributed by atoms with Crippen LogP contribution in [0.15, 0.2) is 24.3 Å². The molecular weight excluding hydrogens is 294 g/mol. The molecule has 1 saturated heterocycles. The Balaban J connectivity index is 1.89. The summed E-state index contributed by atoms with van der Waals surface area (Å²) in [5.74, 6) is 0.391. The molecule has 126 valence electrons. The molecule has 0 radical (unpaired) electrons. The Bertz CT molecular complexity index is 544. The zero-order chi connectivity index (χ0) is 16.7. The zero-order valence-electron chi connectivity index (χ0n) is 13.9. The molecule has 1 heterocycles. The van der Waals surface area contributed by atoms with E-state index >= 15 is 0 Å². The first-order valence-electron chi connectivity index (χ1n) is 8.22. The average molecular weight is 319 g/mol. The number of methoxy groups -OCH3 is 1. The molecule has 5 nitrogen and oxygen atoms in total. The first-order chi connectivity index (χ1) is 11.2. The fourth-order valence-electron chi connectivity index (χ4n) is 2.86. The van der Waals surface area contributed by atoms with Crippen LogP contribution in [0.1, 0.15) is 38.2 Å². The number of esters is 1. The number of rotatable bonds is 6. The molecule has 23 heavy (non-hydrogen) atoms. The van der Waals surface area contributed by atoms with E-state index < -0.39 is 0 Å². The summed E-state index contributed by atoms with van der Waals surface area (Å²) in [5.41, 5.74) is 0.845.